The fourth-order valence-corrected chi connectivity index (χ4v) is 4.95. The molecule has 1 unspecified atom stereocenters. The number of carbonyl (C=O) groups is 5. The van der Waals surface area contributed by atoms with E-state index in [0.717, 1.165) is 5.56 Å². The van der Waals surface area contributed by atoms with Crippen LogP contribution in [0.4, 0.5) is 4.79 Å². The molecular weight excluding hydrogens is 588 g/mol. The molecule has 4 amide bonds. The zero-order chi connectivity index (χ0) is 34.4. The van der Waals surface area contributed by atoms with Gasteiger partial charge in [0.25, 0.3) is 0 Å². The zero-order valence-electron chi connectivity index (χ0n) is 28.5. The van der Waals surface area contributed by atoms with Gasteiger partial charge in [-0.2, -0.15) is 0 Å². The molecule has 1 aromatic rings. The summed E-state index contributed by atoms with van der Waals surface area (Å²) in [7, 11) is 0. The second-order valence-corrected chi connectivity index (χ2v) is 13.1. The Morgan fingerprint density at radius 1 is 1.04 bits per heavy atom. The van der Waals surface area contributed by atoms with Crippen molar-refractivity contribution < 1.29 is 33.4 Å². The van der Waals surface area contributed by atoms with Crippen LogP contribution >= 0.6 is 0 Å². The van der Waals surface area contributed by atoms with Crippen molar-refractivity contribution in [2.24, 2.45) is 11.8 Å². The number of benzene rings is 1. The Morgan fingerprint density at radius 2 is 1.72 bits per heavy atom. The molecule has 0 aliphatic carbocycles. The summed E-state index contributed by atoms with van der Waals surface area (Å²) in [5.41, 5.74) is 1.19. The minimum atomic E-state index is -1.18. The van der Waals surface area contributed by atoms with Crippen molar-refractivity contribution >= 4 is 29.6 Å². The van der Waals surface area contributed by atoms with Gasteiger partial charge in [-0.25, -0.2) is 4.79 Å². The van der Waals surface area contributed by atoms with Gasteiger partial charge in [-0.3, -0.25) is 19.2 Å². The molecule has 1 saturated heterocycles. The first kappa shape index (κ1) is 38.2. The van der Waals surface area contributed by atoms with Crippen molar-refractivity contribution in [1.82, 2.24) is 21.3 Å². The van der Waals surface area contributed by atoms with E-state index in [-0.39, 0.29) is 43.0 Å². The molecule has 1 heterocycles. The smallest absolute Gasteiger partial charge is 0.408 e. The van der Waals surface area contributed by atoms with Crippen molar-refractivity contribution in [3.05, 3.63) is 59.3 Å². The molecule has 0 bridgehead atoms. The maximum atomic E-state index is 13.7. The monoisotopic (exact) mass is 640 g/mol. The number of ether oxygens (including phenoxy) is 2. The van der Waals surface area contributed by atoms with Crippen molar-refractivity contribution in [3.8, 4) is 0 Å². The number of carbonyl (C=O) groups excluding carboxylic acids is 5. The first-order valence-corrected chi connectivity index (χ1v) is 16.0. The zero-order valence-corrected chi connectivity index (χ0v) is 28.5. The van der Waals surface area contributed by atoms with Gasteiger partial charge >= 0.3 is 6.09 Å². The lowest BCUT2D eigenvalue weighted by Crippen LogP contribution is -2.58. The summed E-state index contributed by atoms with van der Waals surface area (Å²) >= 11 is 0. The second-order valence-electron chi connectivity index (χ2n) is 13.1. The third-order valence-corrected chi connectivity index (χ3v) is 7.44. The van der Waals surface area contributed by atoms with Crippen molar-refractivity contribution in [1.29, 1.82) is 0 Å². The lowest BCUT2D eigenvalue weighted by atomic mass is 9.98. The molecule has 0 aromatic heterocycles. The number of nitrogens with one attached hydrogen (secondary N) is 4. The Kier molecular flexibility index (Phi) is 15.1. The summed E-state index contributed by atoms with van der Waals surface area (Å²) in [5.74, 6) is -1.63. The van der Waals surface area contributed by atoms with Crippen LogP contribution < -0.4 is 21.3 Å². The molecule has 0 radical (unpaired) electrons. The number of ketones is 1. The van der Waals surface area contributed by atoms with Crippen LogP contribution in [-0.4, -0.2) is 59.9 Å². The quantitative estimate of drug-likeness (QED) is 0.195. The lowest BCUT2D eigenvalue weighted by Gasteiger charge is -2.31. The van der Waals surface area contributed by atoms with Gasteiger partial charge in [0.1, 0.15) is 18.7 Å². The van der Waals surface area contributed by atoms with Crippen LogP contribution in [0.1, 0.15) is 86.6 Å². The Hall–Kier alpha value is -3.99. The molecule has 11 heteroatoms. The number of Topliss-reactive ketones (excluding diaryl/α,β-unsaturated/α-hetero) is 1. The van der Waals surface area contributed by atoms with E-state index < -0.39 is 41.7 Å². The largest absolute Gasteiger partial charge is 0.445 e. The van der Waals surface area contributed by atoms with E-state index in [2.05, 4.69) is 21.3 Å². The summed E-state index contributed by atoms with van der Waals surface area (Å²) in [4.78, 5) is 65.1. The van der Waals surface area contributed by atoms with Crippen LogP contribution in [0.15, 0.2) is 53.8 Å². The van der Waals surface area contributed by atoms with Crippen LogP contribution in [0.25, 0.3) is 0 Å². The van der Waals surface area contributed by atoms with Gasteiger partial charge in [-0.05, 0) is 77.9 Å². The Balaban J connectivity index is 2.26. The normalized spacial score (nSPS) is 17.5. The van der Waals surface area contributed by atoms with Gasteiger partial charge in [0.2, 0.25) is 17.7 Å². The highest BCUT2D eigenvalue weighted by Gasteiger charge is 2.34. The molecule has 0 saturated carbocycles. The molecule has 1 aromatic carbocycles. The maximum Gasteiger partial charge on any atom is 0.408 e. The Bertz CT molecular complexity index is 1270. The summed E-state index contributed by atoms with van der Waals surface area (Å²) in [6.45, 7) is 15.1. The summed E-state index contributed by atoms with van der Waals surface area (Å²) in [6, 6.07) is 6.99. The third-order valence-electron chi connectivity index (χ3n) is 7.44. The minimum Gasteiger partial charge on any atom is -0.445 e. The van der Waals surface area contributed by atoms with Crippen LogP contribution in [0.3, 0.4) is 0 Å². The minimum absolute atomic E-state index is 0.0120. The number of rotatable bonds is 16. The van der Waals surface area contributed by atoms with Crippen LogP contribution in [0.2, 0.25) is 0 Å². The van der Waals surface area contributed by atoms with Gasteiger partial charge in [-0.15, -0.1) is 0 Å². The molecule has 4 atom stereocenters. The Labute approximate surface area is 273 Å². The fourth-order valence-electron chi connectivity index (χ4n) is 4.95. The van der Waals surface area contributed by atoms with Crippen molar-refractivity contribution in [3.63, 3.8) is 0 Å². The number of amides is 4. The van der Waals surface area contributed by atoms with E-state index >= 15 is 0 Å². The predicted octanol–water partition coefficient (Wildman–Crippen LogP) is 4.47. The van der Waals surface area contributed by atoms with E-state index in [1.54, 1.807) is 32.9 Å². The number of alkyl carbamates (subject to hydrolysis) is 1. The van der Waals surface area contributed by atoms with E-state index in [9.17, 15) is 24.0 Å². The van der Waals surface area contributed by atoms with Crippen molar-refractivity contribution in [2.75, 3.05) is 6.54 Å². The van der Waals surface area contributed by atoms with Gasteiger partial charge in [-0.1, -0.05) is 56.3 Å². The molecule has 4 N–H and O–H groups in total. The van der Waals surface area contributed by atoms with E-state index in [0.29, 0.717) is 30.7 Å². The van der Waals surface area contributed by atoms with Gasteiger partial charge in [0.05, 0.1) is 11.7 Å². The highest BCUT2D eigenvalue weighted by molar-refractivity contribution is 5.96. The molecule has 2 rings (SSSR count). The van der Waals surface area contributed by atoms with Crippen molar-refractivity contribution in [2.45, 2.75) is 111 Å². The fraction of sp³-hybridized carbons (Fsp3) is 0.571. The van der Waals surface area contributed by atoms with E-state index in [1.165, 1.54) is 0 Å². The summed E-state index contributed by atoms with van der Waals surface area (Å²) < 4.78 is 11.4. The molecule has 254 valence electrons. The van der Waals surface area contributed by atoms with Gasteiger partial charge in [0, 0.05) is 24.6 Å². The average Bonchev–Trinajstić information content (AvgIpc) is 3.39. The Morgan fingerprint density at radius 3 is 2.28 bits per heavy atom. The highest BCUT2D eigenvalue weighted by atomic mass is 16.6. The van der Waals surface area contributed by atoms with E-state index in [4.69, 9.17) is 9.47 Å². The molecule has 11 nitrogen and oxygen atoms in total. The summed E-state index contributed by atoms with van der Waals surface area (Å²) in [5, 5.41) is 11.1. The van der Waals surface area contributed by atoms with Crippen LogP contribution in [-0.2, 0) is 35.3 Å². The first-order chi connectivity index (χ1) is 21.6. The standard InChI is InChI=1S/C35H52N4O7/c1-9-23(4)29(40)16-15-27(20-26-17-18-36-31(26)41)37-32(42)28(19-22(2)3)38-33(43)30(24(5)46-35(6,7)8)39-34(44)45-21-25-13-11-10-12-14-25/h9-15,22,24,26,28,30H,16-21H2,1-8H3,(H,36,41)(H,37,42)(H,38,43)(H,39,44)/t24?,26-,28-,30-/m0/s1. The molecule has 1 aliphatic heterocycles. The summed E-state index contributed by atoms with van der Waals surface area (Å²) in [6.07, 6.45) is 2.99. The maximum absolute atomic E-state index is 13.7. The second kappa shape index (κ2) is 18.2. The molecular formula is C35H52N4O7. The highest BCUT2D eigenvalue weighted by Crippen LogP contribution is 2.20. The number of hydrogen-bond acceptors (Lipinski definition) is 7. The number of allylic oxidation sites excluding steroid dienone is 4. The average molecular weight is 641 g/mol. The van der Waals surface area contributed by atoms with Crippen LogP contribution in [0.5, 0.6) is 0 Å². The number of hydrogen-bond donors (Lipinski definition) is 4. The van der Waals surface area contributed by atoms with Gasteiger partial charge < -0.3 is 30.7 Å². The molecule has 0 spiro atoms. The van der Waals surface area contributed by atoms with Gasteiger partial charge in [0.15, 0.2) is 5.78 Å². The van der Waals surface area contributed by atoms with E-state index in [1.807, 2.05) is 65.0 Å². The first-order valence-electron chi connectivity index (χ1n) is 16.0. The molecule has 1 aliphatic rings. The molecule has 46 heavy (non-hydrogen) atoms. The third kappa shape index (κ3) is 13.6. The lowest BCUT2D eigenvalue weighted by molar-refractivity contribution is -0.135. The van der Waals surface area contributed by atoms with Crippen LogP contribution in [0, 0.1) is 11.8 Å². The predicted molar refractivity (Wildman–Crippen MR) is 176 cm³/mol. The molecule has 1 fully saturated rings. The topological polar surface area (TPSA) is 152 Å². The SMILES string of the molecule is CC=C(C)C(=O)CC=C(C[C@@H]1CCNC1=O)NC(=O)[C@H](CC(C)C)NC(=O)[C@@H](NC(=O)OCc1ccccc1)C(C)OC(C)(C)C.